The van der Waals surface area contributed by atoms with Crippen molar-refractivity contribution < 1.29 is 9.90 Å². The van der Waals surface area contributed by atoms with Gasteiger partial charge in [0.15, 0.2) is 0 Å². The number of rotatable bonds is 4. The van der Waals surface area contributed by atoms with Crippen molar-refractivity contribution in [2.24, 2.45) is 11.8 Å². The van der Waals surface area contributed by atoms with Crippen LogP contribution in [0, 0.1) is 5.92 Å². The summed E-state index contributed by atoms with van der Waals surface area (Å²) in [6.45, 7) is 0.655. The molecule has 1 amide bonds. The third kappa shape index (κ3) is 2.60. The number of aromatic nitrogens is 1. The van der Waals surface area contributed by atoms with Crippen molar-refractivity contribution in [3.05, 3.63) is 24.0 Å². The largest absolute Gasteiger partial charge is 0.393 e. The first kappa shape index (κ1) is 12.8. The number of hydrogen-bond donors (Lipinski definition) is 3. The second kappa shape index (κ2) is 5.32. The predicted molar refractivity (Wildman–Crippen MR) is 67.7 cm³/mol. The zero-order valence-electron chi connectivity index (χ0n) is 10.3. The summed E-state index contributed by atoms with van der Waals surface area (Å²) in [6, 6.07) is 1.64. The van der Waals surface area contributed by atoms with Crippen molar-refractivity contribution in [3.8, 4) is 0 Å². The van der Waals surface area contributed by atoms with Crippen LogP contribution in [0.2, 0.25) is 0 Å². The lowest BCUT2D eigenvalue weighted by Crippen LogP contribution is -2.39. The van der Waals surface area contributed by atoms with E-state index in [1.54, 1.807) is 24.2 Å². The van der Waals surface area contributed by atoms with Crippen LogP contribution in [0.4, 0.5) is 5.69 Å². The number of amides is 1. The predicted octanol–water partition coefficient (Wildman–Crippen LogP) is 0.210. The fraction of sp³-hybridized carbons (Fsp3) is 0.500. The molecule has 4 N–H and O–H groups in total. The van der Waals surface area contributed by atoms with Gasteiger partial charge in [-0.1, -0.05) is 0 Å². The Morgan fingerprint density at radius 1 is 1.67 bits per heavy atom. The molecule has 1 aliphatic carbocycles. The molecule has 0 aromatic carbocycles. The minimum absolute atomic E-state index is 0.0910. The Balaban J connectivity index is 2.01. The number of nitrogens with zero attached hydrogens (tertiary/aromatic N) is 2. The van der Waals surface area contributed by atoms with Crippen molar-refractivity contribution >= 4 is 11.6 Å². The molecule has 0 aliphatic heterocycles. The molecule has 6 nitrogen and oxygen atoms in total. The molecular weight excluding hydrogens is 232 g/mol. The number of nitrogens with one attached hydrogen (secondary N) is 1. The standard InChI is InChI=1S/C12H18N4O2/c1-16(7-8-4-9(17)5-8)12(18)10-2-3-14-6-11(10)15-13/h2-3,6,8-9,15,17H,4-5,7,13H2,1H3. The van der Waals surface area contributed by atoms with Gasteiger partial charge in [-0.05, 0) is 24.8 Å². The second-order valence-corrected chi connectivity index (χ2v) is 4.74. The highest BCUT2D eigenvalue weighted by atomic mass is 16.3. The Kier molecular flexibility index (Phi) is 3.78. The van der Waals surface area contributed by atoms with Crippen molar-refractivity contribution in [2.45, 2.75) is 18.9 Å². The molecule has 0 spiro atoms. The van der Waals surface area contributed by atoms with Gasteiger partial charge in [-0.25, -0.2) is 0 Å². The molecule has 1 aromatic rings. The molecule has 0 saturated heterocycles. The highest BCUT2D eigenvalue weighted by Gasteiger charge is 2.29. The van der Waals surface area contributed by atoms with Crippen LogP contribution in [0.3, 0.4) is 0 Å². The highest BCUT2D eigenvalue weighted by molar-refractivity contribution is 5.99. The number of nitrogen functional groups attached to an aromatic ring is 1. The number of anilines is 1. The average Bonchev–Trinajstić information content (AvgIpc) is 2.35. The molecule has 1 heterocycles. The van der Waals surface area contributed by atoms with Crippen LogP contribution < -0.4 is 11.3 Å². The molecular formula is C12H18N4O2. The van der Waals surface area contributed by atoms with Gasteiger partial charge in [-0.3, -0.25) is 15.6 Å². The summed E-state index contributed by atoms with van der Waals surface area (Å²) in [6.07, 6.45) is 4.44. The van der Waals surface area contributed by atoms with Gasteiger partial charge in [0.25, 0.3) is 5.91 Å². The molecule has 0 radical (unpaired) electrons. The molecule has 98 valence electrons. The fourth-order valence-electron chi connectivity index (χ4n) is 2.22. The van der Waals surface area contributed by atoms with Crippen LogP contribution >= 0.6 is 0 Å². The van der Waals surface area contributed by atoms with Gasteiger partial charge in [0, 0.05) is 19.8 Å². The maximum absolute atomic E-state index is 12.2. The van der Waals surface area contributed by atoms with Crippen molar-refractivity contribution in [1.82, 2.24) is 9.88 Å². The first-order chi connectivity index (χ1) is 8.61. The number of hydrogen-bond acceptors (Lipinski definition) is 5. The summed E-state index contributed by atoms with van der Waals surface area (Å²) in [5, 5.41) is 9.23. The van der Waals surface area contributed by atoms with Crippen LogP contribution in [-0.2, 0) is 0 Å². The summed E-state index contributed by atoms with van der Waals surface area (Å²) in [5.41, 5.74) is 3.50. The Morgan fingerprint density at radius 3 is 3.00 bits per heavy atom. The lowest BCUT2D eigenvalue weighted by atomic mass is 9.82. The van der Waals surface area contributed by atoms with E-state index in [0.29, 0.717) is 23.7 Å². The highest BCUT2D eigenvalue weighted by Crippen LogP contribution is 2.28. The molecule has 0 unspecified atom stereocenters. The minimum atomic E-state index is -0.194. The molecule has 1 fully saturated rings. The Hall–Kier alpha value is -1.66. The summed E-state index contributed by atoms with van der Waals surface area (Å²) in [7, 11) is 1.76. The summed E-state index contributed by atoms with van der Waals surface area (Å²) >= 11 is 0. The molecule has 18 heavy (non-hydrogen) atoms. The van der Waals surface area contributed by atoms with Crippen molar-refractivity contribution in [2.75, 3.05) is 19.0 Å². The van der Waals surface area contributed by atoms with E-state index >= 15 is 0 Å². The van der Waals surface area contributed by atoms with E-state index in [1.807, 2.05) is 0 Å². The number of hydrazine groups is 1. The van der Waals surface area contributed by atoms with Crippen LogP contribution in [0.5, 0.6) is 0 Å². The minimum Gasteiger partial charge on any atom is -0.393 e. The monoisotopic (exact) mass is 250 g/mol. The third-order valence-corrected chi connectivity index (χ3v) is 3.30. The quantitative estimate of drug-likeness (QED) is 0.525. The van der Waals surface area contributed by atoms with Gasteiger partial charge in [0.05, 0.1) is 23.6 Å². The zero-order chi connectivity index (χ0) is 13.1. The topological polar surface area (TPSA) is 91.5 Å². The van der Waals surface area contributed by atoms with E-state index in [4.69, 9.17) is 5.84 Å². The lowest BCUT2D eigenvalue weighted by Gasteiger charge is -2.34. The van der Waals surface area contributed by atoms with Crippen LogP contribution in [0.1, 0.15) is 23.2 Å². The van der Waals surface area contributed by atoms with E-state index in [2.05, 4.69) is 10.4 Å². The maximum Gasteiger partial charge on any atom is 0.255 e. The van der Waals surface area contributed by atoms with Gasteiger partial charge in [0.2, 0.25) is 0 Å². The Labute approximate surface area is 106 Å². The van der Waals surface area contributed by atoms with Crippen LogP contribution in [-0.4, -0.2) is 40.6 Å². The number of aliphatic hydroxyl groups excluding tert-OH is 1. The third-order valence-electron chi connectivity index (χ3n) is 3.30. The van der Waals surface area contributed by atoms with Gasteiger partial charge in [0.1, 0.15) is 0 Å². The van der Waals surface area contributed by atoms with E-state index in [1.165, 1.54) is 6.20 Å². The normalized spacial score (nSPS) is 22.2. The van der Waals surface area contributed by atoms with Crippen molar-refractivity contribution in [3.63, 3.8) is 0 Å². The molecule has 2 rings (SSSR count). The van der Waals surface area contributed by atoms with Gasteiger partial charge < -0.3 is 15.4 Å². The molecule has 1 aliphatic rings. The lowest BCUT2D eigenvalue weighted by molar-refractivity contribution is 0.0265. The van der Waals surface area contributed by atoms with Crippen LogP contribution in [0.25, 0.3) is 0 Å². The van der Waals surface area contributed by atoms with E-state index < -0.39 is 0 Å². The number of aliphatic hydroxyl groups is 1. The maximum atomic E-state index is 12.2. The molecule has 0 bridgehead atoms. The molecule has 0 atom stereocenters. The smallest absolute Gasteiger partial charge is 0.255 e. The number of carbonyl (C=O) groups excluding carboxylic acids is 1. The molecule has 6 heteroatoms. The summed E-state index contributed by atoms with van der Waals surface area (Å²) < 4.78 is 0. The molecule has 1 saturated carbocycles. The first-order valence-electron chi connectivity index (χ1n) is 5.96. The first-order valence-corrected chi connectivity index (χ1v) is 5.96. The summed E-state index contributed by atoms with van der Waals surface area (Å²) in [5.74, 6) is 5.65. The number of nitrogens with two attached hydrogens (primary N) is 1. The second-order valence-electron chi connectivity index (χ2n) is 4.74. The van der Waals surface area contributed by atoms with Gasteiger partial charge in [-0.15, -0.1) is 0 Å². The average molecular weight is 250 g/mol. The fourth-order valence-corrected chi connectivity index (χ4v) is 2.22. The zero-order valence-corrected chi connectivity index (χ0v) is 10.3. The van der Waals surface area contributed by atoms with E-state index in [0.717, 1.165) is 12.8 Å². The summed E-state index contributed by atoms with van der Waals surface area (Å²) in [4.78, 5) is 17.8. The van der Waals surface area contributed by atoms with Crippen molar-refractivity contribution in [1.29, 1.82) is 0 Å². The number of carbonyl (C=O) groups is 1. The van der Waals surface area contributed by atoms with Gasteiger partial charge >= 0.3 is 0 Å². The Bertz CT molecular complexity index is 432. The number of pyridine rings is 1. The van der Waals surface area contributed by atoms with Gasteiger partial charge in [-0.2, -0.15) is 0 Å². The van der Waals surface area contributed by atoms with Crippen LogP contribution in [0.15, 0.2) is 18.5 Å². The Morgan fingerprint density at radius 2 is 2.39 bits per heavy atom. The molecule has 1 aromatic heterocycles. The SMILES string of the molecule is CN(CC1CC(O)C1)C(=O)c1ccncc1NN. The van der Waals surface area contributed by atoms with E-state index in [-0.39, 0.29) is 12.0 Å². The van der Waals surface area contributed by atoms with E-state index in [9.17, 15) is 9.90 Å².